The maximum absolute atomic E-state index is 13.2. The van der Waals surface area contributed by atoms with Gasteiger partial charge in [0.25, 0.3) is 5.91 Å². The molecule has 28 heavy (non-hydrogen) atoms. The largest absolute Gasteiger partial charge is 0.481 e. The van der Waals surface area contributed by atoms with Crippen molar-refractivity contribution < 1.29 is 33.4 Å². The van der Waals surface area contributed by atoms with Gasteiger partial charge in [-0.25, -0.2) is 4.79 Å². The van der Waals surface area contributed by atoms with E-state index in [1.807, 2.05) is 0 Å². The second-order valence-electron chi connectivity index (χ2n) is 6.50. The predicted molar refractivity (Wildman–Crippen MR) is 102 cm³/mol. The van der Waals surface area contributed by atoms with E-state index in [9.17, 15) is 24.3 Å². The van der Waals surface area contributed by atoms with Gasteiger partial charge in [-0.2, -0.15) is 0 Å². The van der Waals surface area contributed by atoms with E-state index in [2.05, 4.69) is 0 Å². The first-order valence-corrected chi connectivity index (χ1v) is 10.4. The fraction of sp³-hybridized carbons (Fsp3) is 0.500. The van der Waals surface area contributed by atoms with E-state index in [1.165, 1.54) is 46.5 Å². The third-order valence-corrected chi connectivity index (χ3v) is 7.79. The number of nitrogens with two attached hydrogens (primary N) is 1. The van der Waals surface area contributed by atoms with Gasteiger partial charge >= 0.3 is 12.1 Å². The number of nitrogens with zero attached hydrogens (tertiary/aromatic N) is 2. The van der Waals surface area contributed by atoms with Gasteiger partial charge < -0.3 is 24.9 Å². The Hall–Kier alpha value is -2.34. The topological polar surface area (TPSA) is 143 Å². The molecule has 10 nitrogen and oxygen atoms in total. The lowest BCUT2D eigenvalue weighted by Crippen LogP contribution is -2.81. The molecule has 0 bridgehead atoms. The Morgan fingerprint density at radius 3 is 2.75 bits per heavy atom. The van der Waals surface area contributed by atoms with Gasteiger partial charge in [0.1, 0.15) is 17.4 Å². The Bertz CT molecular complexity index is 817. The summed E-state index contributed by atoms with van der Waals surface area (Å²) >= 11 is 2.41. The van der Waals surface area contributed by atoms with Gasteiger partial charge in [0, 0.05) is 25.3 Å². The van der Waals surface area contributed by atoms with Crippen LogP contribution < -0.4 is 10.6 Å². The molecule has 3 rings (SSSR count). The molecule has 1 aromatic rings. The standard InChI is InChI=1S/C16H19N3O7S2/c1-9(20)19(10-4-3-5-25-10)16(27-2)11(21)18-6-15(13(22)23,7-26-14(17)24)8-28-12(16)18/h3-5,12H,6-8H2,1-2H3,(H2,17,24)(H,22,23)/t12-,15?,16?/m1/s1. The third-order valence-electron chi connectivity index (χ3n) is 4.80. The van der Waals surface area contributed by atoms with Crippen LogP contribution in [0.25, 0.3) is 0 Å². The molecule has 2 fully saturated rings. The molecule has 0 radical (unpaired) electrons. The number of rotatable bonds is 6. The van der Waals surface area contributed by atoms with Crippen molar-refractivity contribution in [3.05, 3.63) is 18.4 Å². The minimum Gasteiger partial charge on any atom is -0.481 e. The number of carbonyl (C=O) groups is 4. The third kappa shape index (κ3) is 2.91. The summed E-state index contributed by atoms with van der Waals surface area (Å²) in [6.45, 7) is 0.743. The van der Waals surface area contributed by atoms with Crippen LogP contribution in [0.15, 0.2) is 22.8 Å². The lowest BCUT2D eigenvalue weighted by molar-refractivity contribution is -0.161. The van der Waals surface area contributed by atoms with Gasteiger partial charge in [-0.3, -0.25) is 19.3 Å². The highest BCUT2D eigenvalue weighted by molar-refractivity contribution is 8.05. The number of carboxylic acid groups (broad SMARTS) is 1. The van der Waals surface area contributed by atoms with Crippen LogP contribution in [0.3, 0.4) is 0 Å². The SMILES string of the molecule is CSC1(N(C(C)=O)c2ccco2)C(=O)N2CC(COC(N)=O)(C(=O)O)CS[C@@H]21. The fourth-order valence-electron chi connectivity index (χ4n) is 3.45. The van der Waals surface area contributed by atoms with Crippen LogP contribution in [-0.2, 0) is 19.1 Å². The lowest BCUT2D eigenvalue weighted by Gasteiger charge is -2.61. The van der Waals surface area contributed by atoms with E-state index >= 15 is 0 Å². The number of furan rings is 1. The van der Waals surface area contributed by atoms with E-state index < -0.39 is 40.2 Å². The second-order valence-corrected chi connectivity index (χ2v) is 8.60. The maximum Gasteiger partial charge on any atom is 0.404 e. The van der Waals surface area contributed by atoms with Crippen molar-refractivity contribution >= 4 is 53.3 Å². The van der Waals surface area contributed by atoms with Crippen LogP contribution in [0.1, 0.15) is 6.92 Å². The molecule has 12 heteroatoms. The van der Waals surface area contributed by atoms with Crippen LogP contribution in [0, 0.1) is 5.41 Å². The Morgan fingerprint density at radius 2 is 2.25 bits per heavy atom. The van der Waals surface area contributed by atoms with E-state index in [-0.39, 0.29) is 24.1 Å². The molecule has 0 aromatic carbocycles. The highest BCUT2D eigenvalue weighted by Crippen LogP contribution is 2.55. The van der Waals surface area contributed by atoms with Crippen molar-refractivity contribution in [1.29, 1.82) is 0 Å². The van der Waals surface area contributed by atoms with Crippen molar-refractivity contribution in [3.63, 3.8) is 0 Å². The molecule has 3 atom stereocenters. The van der Waals surface area contributed by atoms with Crippen molar-refractivity contribution in [1.82, 2.24) is 4.90 Å². The zero-order valence-electron chi connectivity index (χ0n) is 15.1. The Kier molecular flexibility index (Phi) is 5.28. The number of aliphatic carboxylic acids is 1. The summed E-state index contributed by atoms with van der Waals surface area (Å²) in [4.78, 5) is 49.8. The second kappa shape index (κ2) is 7.24. The number of anilines is 1. The van der Waals surface area contributed by atoms with Gasteiger partial charge in [0.05, 0.1) is 6.26 Å². The molecule has 2 unspecified atom stereocenters. The highest BCUT2D eigenvalue weighted by atomic mass is 32.2. The first kappa shape index (κ1) is 20.4. The van der Waals surface area contributed by atoms with Crippen LogP contribution in [-0.4, -0.2) is 69.3 Å². The van der Waals surface area contributed by atoms with Gasteiger partial charge in [0.15, 0.2) is 0 Å². The Balaban J connectivity index is 1.91. The summed E-state index contributed by atoms with van der Waals surface area (Å²) in [5.74, 6) is -1.65. The van der Waals surface area contributed by atoms with E-state index in [0.717, 1.165) is 0 Å². The average molecular weight is 429 g/mol. The van der Waals surface area contributed by atoms with E-state index in [0.29, 0.717) is 0 Å². The summed E-state index contributed by atoms with van der Waals surface area (Å²) in [5.41, 5.74) is 3.49. The van der Waals surface area contributed by atoms with Crippen LogP contribution >= 0.6 is 23.5 Å². The molecule has 0 spiro atoms. The summed E-state index contributed by atoms with van der Waals surface area (Å²) in [7, 11) is 0. The van der Waals surface area contributed by atoms with E-state index in [4.69, 9.17) is 14.9 Å². The maximum atomic E-state index is 13.2. The monoisotopic (exact) mass is 429 g/mol. The summed E-state index contributed by atoms with van der Waals surface area (Å²) in [6.07, 6.45) is 2.04. The molecular formula is C16H19N3O7S2. The molecule has 3 N–H and O–H groups in total. The molecule has 1 aromatic heterocycles. The summed E-state index contributed by atoms with van der Waals surface area (Å²) in [5, 5.41) is 9.20. The zero-order valence-corrected chi connectivity index (χ0v) is 16.7. The minimum absolute atomic E-state index is 0.0796. The van der Waals surface area contributed by atoms with Crippen molar-refractivity contribution in [3.8, 4) is 0 Å². The van der Waals surface area contributed by atoms with Crippen LogP contribution in [0.2, 0.25) is 0 Å². The number of amides is 3. The summed E-state index contributed by atoms with van der Waals surface area (Å²) < 4.78 is 10.1. The Labute approximate surface area is 168 Å². The molecule has 2 aliphatic rings. The number of hydrogen-bond donors (Lipinski definition) is 2. The first-order chi connectivity index (χ1) is 13.2. The summed E-state index contributed by atoms with van der Waals surface area (Å²) in [6, 6.07) is 3.20. The molecular weight excluding hydrogens is 410 g/mol. The predicted octanol–water partition coefficient (Wildman–Crippen LogP) is 0.773. The molecule has 3 heterocycles. The minimum atomic E-state index is -1.47. The van der Waals surface area contributed by atoms with Crippen LogP contribution in [0.5, 0.6) is 0 Å². The van der Waals surface area contributed by atoms with Crippen molar-refractivity contribution in [2.24, 2.45) is 11.1 Å². The molecule has 2 aliphatic heterocycles. The molecule has 0 saturated carbocycles. The van der Waals surface area contributed by atoms with Gasteiger partial charge in [-0.1, -0.05) is 0 Å². The number of carboxylic acids is 1. The highest BCUT2D eigenvalue weighted by Gasteiger charge is 2.69. The van der Waals surface area contributed by atoms with Crippen molar-refractivity contribution in [2.75, 3.05) is 30.1 Å². The molecule has 0 aliphatic carbocycles. The number of β-lactam (4-membered cyclic amide) rings is 1. The molecule has 152 valence electrons. The van der Waals surface area contributed by atoms with Gasteiger partial charge in [-0.15, -0.1) is 23.5 Å². The Morgan fingerprint density at radius 1 is 1.54 bits per heavy atom. The number of ether oxygens (including phenoxy) is 1. The number of primary amides is 1. The molecule has 2 saturated heterocycles. The number of hydrogen-bond acceptors (Lipinski definition) is 8. The first-order valence-electron chi connectivity index (χ1n) is 8.17. The van der Waals surface area contributed by atoms with Gasteiger partial charge in [-0.05, 0) is 12.3 Å². The number of thioether (sulfide) groups is 2. The average Bonchev–Trinajstić information content (AvgIpc) is 3.17. The fourth-order valence-corrected chi connectivity index (χ4v) is 6.53. The quantitative estimate of drug-likeness (QED) is 0.495. The van der Waals surface area contributed by atoms with E-state index in [1.54, 1.807) is 18.4 Å². The zero-order chi connectivity index (χ0) is 20.7. The van der Waals surface area contributed by atoms with Crippen LogP contribution in [0.4, 0.5) is 10.7 Å². The lowest BCUT2D eigenvalue weighted by atomic mass is 9.87. The number of carbonyl (C=O) groups excluding carboxylic acids is 3. The van der Waals surface area contributed by atoms with Gasteiger partial charge in [0.2, 0.25) is 16.7 Å². The molecule has 3 amide bonds. The normalized spacial score (nSPS) is 28.9. The number of fused-ring (bicyclic) bond motifs is 1. The smallest absolute Gasteiger partial charge is 0.404 e. The van der Waals surface area contributed by atoms with Crippen molar-refractivity contribution in [2.45, 2.75) is 17.2 Å².